The summed E-state index contributed by atoms with van der Waals surface area (Å²) >= 11 is 0. The Balaban J connectivity index is 2.43. The first-order chi connectivity index (χ1) is 5.16. The molecule has 2 atom stereocenters. The van der Waals surface area contributed by atoms with Crippen LogP contribution in [0, 0.1) is 11.8 Å². The summed E-state index contributed by atoms with van der Waals surface area (Å²) in [6.07, 6.45) is -1.45. The molecule has 0 aromatic rings. The van der Waals surface area contributed by atoms with E-state index in [2.05, 4.69) is 0 Å². The van der Waals surface area contributed by atoms with Gasteiger partial charge in [0.25, 0.3) is 0 Å². The van der Waals surface area contributed by atoms with Gasteiger partial charge in [-0.15, -0.1) is 0 Å². The minimum Gasteiger partial charge on any atom is -0.294 e. The molecular weight excluding hydrogens is 154 g/mol. The zero-order chi connectivity index (χ0) is 8.43. The van der Waals surface area contributed by atoms with E-state index in [4.69, 9.17) is 5.84 Å². The highest BCUT2D eigenvalue weighted by atomic mass is 19.3. The van der Waals surface area contributed by atoms with Gasteiger partial charge in [0.15, 0.2) is 0 Å². The number of amides is 1. The first-order valence-electron chi connectivity index (χ1n) is 3.45. The molecule has 3 nitrogen and oxygen atoms in total. The zero-order valence-corrected chi connectivity index (χ0v) is 5.89. The summed E-state index contributed by atoms with van der Waals surface area (Å²) in [5, 5.41) is 0. The molecule has 0 saturated heterocycles. The Kier molecular flexibility index (Phi) is 2.38. The number of hydrogen-bond acceptors (Lipinski definition) is 2. The molecule has 0 aliphatic heterocycles. The van der Waals surface area contributed by atoms with Gasteiger partial charge in [0, 0.05) is 11.8 Å². The Morgan fingerprint density at radius 3 is 2.45 bits per heavy atom. The fraction of sp³-hybridized carbons (Fsp3) is 0.833. The van der Waals surface area contributed by atoms with Gasteiger partial charge in [0.05, 0.1) is 0 Å². The summed E-state index contributed by atoms with van der Waals surface area (Å²) in [5.41, 5.74) is 1.88. The molecule has 0 heterocycles. The molecule has 0 spiro atoms. The lowest BCUT2D eigenvalue weighted by Crippen LogP contribution is -2.45. The molecule has 1 aliphatic rings. The molecule has 3 N–H and O–H groups in total. The van der Waals surface area contributed by atoms with Gasteiger partial charge in [0.1, 0.15) is 0 Å². The van der Waals surface area contributed by atoms with Crippen LogP contribution in [0.1, 0.15) is 12.8 Å². The van der Waals surface area contributed by atoms with Crippen molar-refractivity contribution in [2.24, 2.45) is 17.7 Å². The van der Waals surface area contributed by atoms with Crippen molar-refractivity contribution in [1.29, 1.82) is 0 Å². The molecule has 0 bridgehead atoms. The van der Waals surface area contributed by atoms with Crippen molar-refractivity contribution in [3.8, 4) is 0 Å². The molecule has 11 heavy (non-hydrogen) atoms. The third-order valence-corrected chi connectivity index (χ3v) is 2.13. The van der Waals surface area contributed by atoms with Gasteiger partial charge in [-0.2, -0.15) is 0 Å². The highest BCUT2D eigenvalue weighted by Gasteiger charge is 2.41. The number of nitrogens with two attached hydrogens (primary N) is 1. The Morgan fingerprint density at radius 1 is 1.55 bits per heavy atom. The highest BCUT2D eigenvalue weighted by Crippen LogP contribution is 2.38. The fourth-order valence-corrected chi connectivity index (χ4v) is 1.26. The van der Waals surface area contributed by atoms with E-state index in [9.17, 15) is 13.6 Å². The molecule has 0 aromatic carbocycles. The van der Waals surface area contributed by atoms with Crippen LogP contribution in [0.2, 0.25) is 0 Å². The van der Waals surface area contributed by atoms with Crippen LogP contribution in [0.3, 0.4) is 0 Å². The van der Waals surface area contributed by atoms with Crippen LogP contribution in [-0.2, 0) is 4.79 Å². The van der Waals surface area contributed by atoms with Gasteiger partial charge in [-0.1, -0.05) is 0 Å². The standard InChI is InChI=1S/C6H10F2N2O/c7-5(8)3-1-2-4(3)6(11)10-9/h3-5H,1-2,9H2,(H,10,11)/t3-,4+/m0/s1. The van der Waals surface area contributed by atoms with Crippen LogP contribution in [0.25, 0.3) is 0 Å². The van der Waals surface area contributed by atoms with Gasteiger partial charge in [-0.25, -0.2) is 14.6 Å². The molecule has 5 heteroatoms. The lowest BCUT2D eigenvalue weighted by atomic mass is 9.73. The molecule has 1 amide bonds. The highest BCUT2D eigenvalue weighted by molar-refractivity contribution is 5.79. The van der Waals surface area contributed by atoms with Crippen LogP contribution in [-0.4, -0.2) is 12.3 Å². The molecule has 0 unspecified atom stereocenters. The summed E-state index contributed by atoms with van der Waals surface area (Å²) in [7, 11) is 0. The number of rotatable bonds is 2. The Labute approximate surface area is 62.9 Å². The number of carbonyl (C=O) groups is 1. The molecule has 0 radical (unpaired) electrons. The average Bonchev–Trinajstić information content (AvgIpc) is 1.83. The maximum atomic E-state index is 12.0. The smallest absolute Gasteiger partial charge is 0.242 e. The molecular formula is C6H10F2N2O. The maximum Gasteiger partial charge on any atom is 0.242 e. The zero-order valence-electron chi connectivity index (χ0n) is 5.89. The first-order valence-corrected chi connectivity index (χ1v) is 3.45. The minimum atomic E-state index is -2.40. The van der Waals surface area contributed by atoms with Crippen molar-refractivity contribution in [3.05, 3.63) is 0 Å². The Hall–Kier alpha value is -0.710. The lowest BCUT2D eigenvalue weighted by Gasteiger charge is -2.33. The molecule has 1 saturated carbocycles. The van der Waals surface area contributed by atoms with E-state index >= 15 is 0 Å². The van der Waals surface area contributed by atoms with E-state index in [0.29, 0.717) is 12.8 Å². The number of halogens is 2. The summed E-state index contributed by atoms with van der Waals surface area (Å²) in [4.78, 5) is 10.7. The van der Waals surface area contributed by atoms with Crippen molar-refractivity contribution in [1.82, 2.24) is 5.43 Å². The van der Waals surface area contributed by atoms with Gasteiger partial charge in [0.2, 0.25) is 12.3 Å². The quantitative estimate of drug-likeness (QED) is 0.349. The van der Waals surface area contributed by atoms with Crippen molar-refractivity contribution >= 4 is 5.91 Å². The molecule has 1 aliphatic carbocycles. The second kappa shape index (κ2) is 3.13. The topological polar surface area (TPSA) is 55.1 Å². The summed E-state index contributed by atoms with van der Waals surface area (Å²) in [5.74, 6) is 2.98. The number of carbonyl (C=O) groups excluding carboxylic acids is 1. The molecule has 64 valence electrons. The van der Waals surface area contributed by atoms with E-state index in [1.54, 1.807) is 0 Å². The van der Waals surface area contributed by atoms with Gasteiger partial charge in [-0.05, 0) is 12.8 Å². The maximum absolute atomic E-state index is 12.0. The van der Waals surface area contributed by atoms with Crippen molar-refractivity contribution in [3.63, 3.8) is 0 Å². The largest absolute Gasteiger partial charge is 0.294 e. The predicted octanol–water partition coefficient (Wildman–Crippen LogP) is 0.268. The van der Waals surface area contributed by atoms with Crippen molar-refractivity contribution in [2.45, 2.75) is 19.3 Å². The summed E-state index contributed by atoms with van der Waals surface area (Å²) in [6, 6.07) is 0. The summed E-state index contributed by atoms with van der Waals surface area (Å²) < 4.78 is 24.0. The minimum absolute atomic E-state index is 0.426. The SMILES string of the molecule is NNC(=O)[C@@H]1CC[C@@H]1C(F)F. The number of hydrogen-bond donors (Lipinski definition) is 2. The van der Waals surface area contributed by atoms with Gasteiger partial charge in [-0.3, -0.25) is 10.2 Å². The monoisotopic (exact) mass is 164 g/mol. The molecule has 1 rings (SSSR count). The van der Waals surface area contributed by atoms with E-state index in [-0.39, 0.29) is 0 Å². The van der Waals surface area contributed by atoms with E-state index in [1.807, 2.05) is 5.43 Å². The summed E-state index contributed by atoms with van der Waals surface area (Å²) in [6.45, 7) is 0. The molecule has 1 fully saturated rings. The van der Waals surface area contributed by atoms with E-state index in [0.717, 1.165) is 0 Å². The van der Waals surface area contributed by atoms with Gasteiger partial charge >= 0.3 is 0 Å². The van der Waals surface area contributed by atoms with Crippen LogP contribution in [0.15, 0.2) is 0 Å². The van der Waals surface area contributed by atoms with E-state index in [1.165, 1.54) is 0 Å². The third kappa shape index (κ3) is 1.48. The average molecular weight is 164 g/mol. The Morgan fingerprint density at radius 2 is 2.18 bits per heavy atom. The van der Waals surface area contributed by atoms with Gasteiger partial charge < -0.3 is 0 Å². The van der Waals surface area contributed by atoms with Crippen LogP contribution in [0.5, 0.6) is 0 Å². The normalized spacial score (nSPS) is 29.8. The first kappa shape index (κ1) is 8.39. The second-order valence-corrected chi connectivity index (χ2v) is 2.69. The number of alkyl halides is 2. The second-order valence-electron chi connectivity index (χ2n) is 2.69. The van der Waals surface area contributed by atoms with Crippen LogP contribution < -0.4 is 11.3 Å². The van der Waals surface area contributed by atoms with Crippen molar-refractivity contribution in [2.75, 3.05) is 0 Å². The van der Waals surface area contributed by atoms with E-state index < -0.39 is 24.2 Å². The van der Waals surface area contributed by atoms with Crippen LogP contribution in [0.4, 0.5) is 8.78 Å². The fourth-order valence-electron chi connectivity index (χ4n) is 1.26. The lowest BCUT2D eigenvalue weighted by molar-refractivity contribution is -0.135. The number of hydrazine groups is 1. The predicted molar refractivity (Wildman–Crippen MR) is 34.5 cm³/mol. The van der Waals surface area contributed by atoms with Crippen molar-refractivity contribution < 1.29 is 13.6 Å². The van der Waals surface area contributed by atoms with Crippen LogP contribution >= 0.6 is 0 Å². The third-order valence-electron chi connectivity index (χ3n) is 2.13. The molecule has 0 aromatic heterocycles. The number of nitrogens with one attached hydrogen (secondary N) is 1. The Bertz CT molecular complexity index is 163.